The molecule has 0 amide bonds. The minimum atomic E-state index is -3.78. The minimum absolute atomic E-state index is 0.0163. The van der Waals surface area contributed by atoms with E-state index in [4.69, 9.17) is 16.7 Å². The number of carbonyl (C=O) groups is 1. The lowest BCUT2D eigenvalue weighted by atomic mass is 10.5. The van der Waals surface area contributed by atoms with Crippen LogP contribution in [0, 0.1) is 0 Å². The molecular weight excluding hydrogens is 248 g/mol. The summed E-state index contributed by atoms with van der Waals surface area (Å²) in [6.45, 7) is 1.13. The summed E-state index contributed by atoms with van der Waals surface area (Å²) in [5.74, 6) is -1.37. The molecule has 0 radical (unpaired) electrons. The third kappa shape index (κ3) is 2.08. The Balaban J connectivity index is 3.15. The van der Waals surface area contributed by atoms with Gasteiger partial charge >= 0.3 is 5.97 Å². The van der Waals surface area contributed by atoms with Gasteiger partial charge in [-0.2, -0.15) is 0 Å². The summed E-state index contributed by atoms with van der Waals surface area (Å²) in [6.07, 6.45) is 0. The highest BCUT2D eigenvalue weighted by Gasteiger charge is 2.30. The Morgan fingerprint density at radius 1 is 1.57 bits per heavy atom. The highest BCUT2D eigenvalue weighted by Crippen LogP contribution is 2.28. The Kier molecular flexibility index (Phi) is 3.18. The molecule has 1 atom stereocenters. The molecule has 0 saturated carbocycles. The molecule has 0 aliphatic heterocycles. The molecule has 0 spiro atoms. The zero-order valence-electron chi connectivity index (χ0n) is 7.10. The first-order valence-electron chi connectivity index (χ1n) is 3.57. The van der Waals surface area contributed by atoms with Crippen molar-refractivity contribution in [1.82, 2.24) is 0 Å². The van der Waals surface area contributed by atoms with E-state index in [2.05, 4.69) is 0 Å². The average Bonchev–Trinajstić information content (AvgIpc) is 2.50. The lowest BCUT2D eigenvalue weighted by Crippen LogP contribution is -2.26. The number of hydrogen-bond acceptors (Lipinski definition) is 4. The second-order valence-corrected chi connectivity index (χ2v) is 6.79. The van der Waals surface area contributed by atoms with Gasteiger partial charge in [-0.3, -0.25) is 4.79 Å². The molecule has 0 bridgehead atoms. The lowest BCUT2D eigenvalue weighted by molar-refractivity contribution is -0.136. The summed E-state index contributed by atoms with van der Waals surface area (Å²) >= 11 is 6.41. The number of rotatable bonds is 3. The monoisotopic (exact) mass is 254 g/mol. The fraction of sp³-hybridized carbons (Fsp3) is 0.286. The Hall–Kier alpha value is -0.590. The van der Waals surface area contributed by atoms with Gasteiger partial charge in [0.2, 0.25) is 9.84 Å². The maximum atomic E-state index is 11.6. The van der Waals surface area contributed by atoms with Gasteiger partial charge in [-0.25, -0.2) is 8.42 Å². The number of carboxylic acid groups (broad SMARTS) is 1. The van der Waals surface area contributed by atoms with E-state index in [-0.39, 0.29) is 4.21 Å². The van der Waals surface area contributed by atoms with Crippen LogP contribution in [0.1, 0.15) is 6.92 Å². The molecule has 4 nitrogen and oxygen atoms in total. The SMILES string of the molecule is CC(C(=O)O)S(=O)(=O)c1ccc(Cl)s1. The number of hydrogen-bond donors (Lipinski definition) is 1. The molecule has 1 unspecified atom stereocenters. The molecule has 7 heteroatoms. The third-order valence-corrected chi connectivity index (χ3v) is 5.44. The van der Waals surface area contributed by atoms with Crippen LogP contribution in [0.2, 0.25) is 4.34 Å². The Morgan fingerprint density at radius 2 is 2.14 bits per heavy atom. The molecule has 1 aromatic heterocycles. The summed E-state index contributed by atoms with van der Waals surface area (Å²) < 4.78 is 23.4. The summed E-state index contributed by atoms with van der Waals surface area (Å²) in [7, 11) is -3.78. The summed E-state index contributed by atoms with van der Waals surface area (Å²) in [5.41, 5.74) is 0. The van der Waals surface area contributed by atoms with E-state index in [1.807, 2.05) is 0 Å². The van der Waals surface area contributed by atoms with Crippen LogP contribution in [0.5, 0.6) is 0 Å². The Labute approximate surface area is 90.1 Å². The van der Waals surface area contributed by atoms with Gasteiger partial charge < -0.3 is 5.11 Å². The van der Waals surface area contributed by atoms with E-state index >= 15 is 0 Å². The van der Waals surface area contributed by atoms with Crippen LogP contribution in [-0.4, -0.2) is 24.7 Å². The van der Waals surface area contributed by atoms with Crippen molar-refractivity contribution in [3.05, 3.63) is 16.5 Å². The number of halogens is 1. The molecule has 1 N–H and O–H groups in total. The summed E-state index contributed by atoms with van der Waals surface area (Å²) in [6, 6.07) is 2.73. The van der Waals surface area contributed by atoms with Crippen LogP contribution in [0.25, 0.3) is 0 Å². The largest absolute Gasteiger partial charge is 0.480 e. The van der Waals surface area contributed by atoms with E-state index in [9.17, 15) is 13.2 Å². The fourth-order valence-electron chi connectivity index (χ4n) is 0.758. The van der Waals surface area contributed by atoms with Gasteiger partial charge in [0.05, 0.1) is 4.34 Å². The highest BCUT2D eigenvalue weighted by atomic mass is 35.5. The third-order valence-electron chi connectivity index (χ3n) is 1.64. The van der Waals surface area contributed by atoms with Crippen molar-refractivity contribution in [3.63, 3.8) is 0 Å². The number of thiophene rings is 1. The molecule has 0 saturated heterocycles. The van der Waals surface area contributed by atoms with Gasteiger partial charge in [-0.1, -0.05) is 11.6 Å². The molecule has 0 fully saturated rings. The van der Waals surface area contributed by atoms with Crippen molar-refractivity contribution >= 4 is 38.7 Å². The average molecular weight is 255 g/mol. The molecule has 0 aromatic carbocycles. The highest BCUT2D eigenvalue weighted by molar-refractivity contribution is 7.94. The number of aliphatic carboxylic acids is 1. The second-order valence-electron chi connectivity index (χ2n) is 2.58. The molecule has 0 aliphatic carbocycles. The predicted octanol–water partition coefficient (Wildman–Crippen LogP) is 1.65. The topological polar surface area (TPSA) is 71.4 Å². The van der Waals surface area contributed by atoms with Crippen molar-refractivity contribution in [1.29, 1.82) is 0 Å². The maximum absolute atomic E-state index is 11.6. The Morgan fingerprint density at radius 3 is 2.50 bits per heavy atom. The van der Waals surface area contributed by atoms with Gasteiger partial charge in [0.25, 0.3) is 0 Å². The second kappa shape index (κ2) is 3.88. The van der Waals surface area contributed by atoms with Crippen molar-refractivity contribution in [2.75, 3.05) is 0 Å². The molecular formula is C7H7ClO4S2. The first kappa shape index (κ1) is 11.5. The normalized spacial score (nSPS) is 13.9. The van der Waals surface area contributed by atoms with Gasteiger partial charge in [0.1, 0.15) is 4.21 Å². The zero-order valence-corrected chi connectivity index (χ0v) is 9.49. The van der Waals surface area contributed by atoms with E-state index in [0.717, 1.165) is 18.3 Å². The van der Waals surface area contributed by atoms with Gasteiger partial charge in [-0.15, -0.1) is 11.3 Å². The number of sulfone groups is 1. The van der Waals surface area contributed by atoms with E-state index < -0.39 is 21.1 Å². The first-order chi connectivity index (χ1) is 6.35. The van der Waals surface area contributed by atoms with Crippen LogP contribution < -0.4 is 0 Å². The van der Waals surface area contributed by atoms with Crippen molar-refractivity contribution < 1.29 is 18.3 Å². The lowest BCUT2D eigenvalue weighted by Gasteiger charge is -2.05. The number of carboxylic acids is 1. The standard InChI is InChI=1S/C7H7ClO4S2/c1-4(7(9)10)14(11,12)6-3-2-5(8)13-6/h2-4H,1H3,(H,9,10). The predicted molar refractivity (Wildman–Crippen MR) is 53.6 cm³/mol. The quantitative estimate of drug-likeness (QED) is 0.890. The van der Waals surface area contributed by atoms with Crippen molar-refractivity contribution in [2.24, 2.45) is 0 Å². The van der Waals surface area contributed by atoms with E-state index in [1.165, 1.54) is 12.1 Å². The van der Waals surface area contributed by atoms with Crippen molar-refractivity contribution in [2.45, 2.75) is 16.4 Å². The maximum Gasteiger partial charge on any atom is 0.322 e. The van der Waals surface area contributed by atoms with Gasteiger partial charge in [0, 0.05) is 0 Å². The van der Waals surface area contributed by atoms with Crippen LogP contribution in [0.4, 0.5) is 0 Å². The molecule has 1 aromatic rings. The molecule has 1 rings (SSSR count). The van der Waals surface area contributed by atoms with Crippen LogP contribution in [-0.2, 0) is 14.6 Å². The summed E-state index contributed by atoms with van der Waals surface area (Å²) in [4.78, 5) is 10.5. The van der Waals surface area contributed by atoms with Crippen LogP contribution >= 0.6 is 22.9 Å². The van der Waals surface area contributed by atoms with E-state index in [0.29, 0.717) is 4.34 Å². The fourth-order valence-corrected chi connectivity index (χ4v) is 3.71. The van der Waals surface area contributed by atoms with Crippen LogP contribution in [0.15, 0.2) is 16.3 Å². The van der Waals surface area contributed by atoms with E-state index in [1.54, 1.807) is 0 Å². The molecule has 14 heavy (non-hydrogen) atoms. The smallest absolute Gasteiger partial charge is 0.322 e. The minimum Gasteiger partial charge on any atom is -0.480 e. The summed E-state index contributed by atoms with van der Waals surface area (Å²) in [5, 5.41) is 7.13. The Bertz CT molecular complexity index is 448. The van der Waals surface area contributed by atoms with Gasteiger partial charge in [-0.05, 0) is 19.1 Å². The molecule has 78 valence electrons. The molecule has 0 aliphatic rings. The molecule has 1 heterocycles. The van der Waals surface area contributed by atoms with Gasteiger partial charge in [0.15, 0.2) is 5.25 Å². The first-order valence-corrected chi connectivity index (χ1v) is 6.32. The van der Waals surface area contributed by atoms with Crippen LogP contribution in [0.3, 0.4) is 0 Å². The zero-order chi connectivity index (χ0) is 10.9. The van der Waals surface area contributed by atoms with Crippen molar-refractivity contribution in [3.8, 4) is 0 Å².